The molecule has 0 bridgehead atoms. The molecule has 1 aromatic heterocycles. The van der Waals surface area contributed by atoms with Crippen LogP contribution in [0.15, 0.2) is 11.1 Å². The molecule has 21 heavy (non-hydrogen) atoms. The van der Waals surface area contributed by atoms with Crippen molar-refractivity contribution in [1.29, 1.82) is 0 Å². The number of aromatic amines is 1. The lowest BCUT2D eigenvalue weighted by Crippen LogP contribution is -2.40. The van der Waals surface area contributed by atoms with Crippen molar-refractivity contribution in [2.45, 2.75) is 37.0 Å². The largest absolute Gasteiger partial charge is 0.281 e. The smallest absolute Gasteiger partial charge is 0.214 e. The highest BCUT2D eigenvalue weighted by atomic mass is 32.2. The molecule has 1 N–H and O–H groups in total. The molecule has 1 aliphatic heterocycles. The molecule has 0 saturated carbocycles. The minimum absolute atomic E-state index is 0.127. The van der Waals surface area contributed by atoms with E-state index in [1.807, 2.05) is 6.92 Å². The van der Waals surface area contributed by atoms with Crippen LogP contribution in [0.4, 0.5) is 0 Å². The summed E-state index contributed by atoms with van der Waals surface area (Å²) in [6, 6.07) is 0. The van der Waals surface area contributed by atoms with Crippen LogP contribution in [0, 0.1) is 0 Å². The van der Waals surface area contributed by atoms with Crippen molar-refractivity contribution in [3.63, 3.8) is 0 Å². The Morgan fingerprint density at radius 3 is 2.71 bits per heavy atom. The van der Waals surface area contributed by atoms with Gasteiger partial charge in [-0.2, -0.15) is 5.10 Å². The van der Waals surface area contributed by atoms with Gasteiger partial charge in [0, 0.05) is 25.3 Å². The lowest BCUT2D eigenvalue weighted by Gasteiger charge is -2.31. The fraction of sp³-hybridized carbons (Fsp3) is 0.750. The third-order valence-electron chi connectivity index (χ3n) is 3.68. The maximum atomic E-state index is 12.2. The van der Waals surface area contributed by atoms with E-state index in [9.17, 15) is 16.8 Å². The third-order valence-corrected chi connectivity index (χ3v) is 6.85. The summed E-state index contributed by atoms with van der Waals surface area (Å²) in [6.45, 7) is 2.64. The molecule has 1 atom stereocenters. The van der Waals surface area contributed by atoms with Gasteiger partial charge in [-0.1, -0.05) is 6.92 Å². The van der Waals surface area contributed by atoms with Gasteiger partial charge >= 0.3 is 0 Å². The second-order valence-corrected chi connectivity index (χ2v) is 9.51. The molecule has 0 amide bonds. The highest BCUT2D eigenvalue weighted by molar-refractivity contribution is 7.90. The first-order chi connectivity index (χ1) is 9.75. The minimum Gasteiger partial charge on any atom is -0.281 e. The molecule has 0 spiro atoms. The number of piperidine rings is 1. The zero-order valence-electron chi connectivity index (χ0n) is 12.2. The molecule has 0 unspecified atom stereocenters. The minimum atomic E-state index is -3.36. The Kier molecular flexibility index (Phi) is 4.74. The van der Waals surface area contributed by atoms with Crippen molar-refractivity contribution in [3.05, 3.63) is 11.9 Å². The predicted molar refractivity (Wildman–Crippen MR) is 79.3 cm³/mol. The number of sulfone groups is 1. The SMILES string of the molecule is CCCS(=O)(=O)N1CCC[C@H](c2[nH]ncc2S(C)(=O)=O)C1. The highest BCUT2D eigenvalue weighted by Crippen LogP contribution is 2.31. The Morgan fingerprint density at radius 1 is 1.38 bits per heavy atom. The van der Waals surface area contributed by atoms with Crippen LogP contribution in [-0.4, -0.2) is 56.4 Å². The number of sulfonamides is 1. The van der Waals surface area contributed by atoms with E-state index in [0.29, 0.717) is 25.2 Å². The van der Waals surface area contributed by atoms with Crippen molar-refractivity contribution in [2.75, 3.05) is 25.1 Å². The lowest BCUT2D eigenvalue weighted by atomic mass is 9.96. The van der Waals surface area contributed by atoms with E-state index < -0.39 is 19.9 Å². The fourth-order valence-electron chi connectivity index (χ4n) is 2.69. The van der Waals surface area contributed by atoms with E-state index in [4.69, 9.17) is 0 Å². The second-order valence-electron chi connectivity index (χ2n) is 5.43. The Labute approximate surface area is 125 Å². The quantitative estimate of drug-likeness (QED) is 0.855. The van der Waals surface area contributed by atoms with E-state index >= 15 is 0 Å². The predicted octanol–water partition coefficient (Wildman–Crippen LogP) is 0.732. The molecular formula is C12H21N3O4S2. The van der Waals surface area contributed by atoms with Gasteiger partial charge in [0.25, 0.3) is 0 Å². The van der Waals surface area contributed by atoms with Crippen LogP contribution in [0.2, 0.25) is 0 Å². The number of rotatable bonds is 5. The van der Waals surface area contributed by atoms with Crippen LogP contribution in [0.25, 0.3) is 0 Å². The number of nitrogens with zero attached hydrogens (tertiary/aromatic N) is 2. The van der Waals surface area contributed by atoms with Gasteiger partial charge < -0.3 is 0 Å². The summed E-state index contributed by atoms with van der Waals surface area (Å²) in [6.07, 6.45) is 4.47. The van der Waals surface area contributed by atoms with Gasteiger partial charge in [0.05, 0.1) is 17.6 Å². The number of hydrogen-bond donors (Lipinski definition) is 1. The van der Waals surface area contributed by atoms with E-state index in [1.165, 1.54) is 10.5 Å². The zero-order valence-corrected chi connectivity index (χ0v) is 13.9. The standard InChI is InChI=1S/C12H21N3O4S2/c1-3-7-21(18,19)15-6-4-5-10(9-15)12-11(8-13-14-12)20(2,16)17/h8,10H,3-7,9H2,1-2H3,(H,13,14)/t10-/m0/s1. The van der Waals surface area contributed by atoms with Crippen molar-refractivity contribution < 1.29 is 16.8 Å². The van der Waals surface area contributed by atoms with E-state index in [1.54, 1.807) is 0 Å². The topological polar surface area (TPSA) is 100 Å². The summed E-state index contributed by atoms with van der Waals surface area (Å²) < 4.78 is 49.3. The Morgan fingerprint density at radius 2 is 2.10 bits per heavy atom. The number of aromatic nitrogens is 2. The molecule has 1 fully saturated rings. The molecule has 1 saturated heterocycles. The molecule has 7 nitrogen and oxygen atoms in total. The van der Waals surface area contributed by atoms with Gasteiger partial charge in [-0.05, 0) is 19.3 Å². The summed E-state index contributed by atoms with van der Waals surface area (Å²) in [5.41, 5.74) is 0.522. The average molecular weight is 335 g/mol. The van der Waals surface area contributed by atoms with Gasteiger partial charge in [-0.25, -0.2) is 21.1 Å². The van der Waals surface area contributed by atoms with E-state index in [2.05, 4.69) is 10.2 Å². The molecule has 2 heterocycles. The van der Waals surface area contributed by atoms with Crippen molar-refractivity contribution in [1.82, 2.24) is 14.5 Å². The molecular weight excluding hydrogens is 314 g/mol. The maximum absolute atomic E-state index is 12.2. The molecule has 1 aliphatic rings. The van der Waals surface area contributed by atoms with Gasteiger partial charge in [0.2, 0.25) is 10.0 Å². The molecule has 0 radical (unpaired) electrons. The summed E-state index contributed by atoms with van der Waals surface area (Å²) in [4.78, 5) is 0.169. The molecule has 9 heteroatoms. The Balaban J connectivity index is 2.25. The summed E-state index contributed by atoms with van der Waals surface area (Å²) in [5.74, 6) is -0.0284. The Bertz CT molecular complexity index is 694. The van der Waals surface area contributed by atoms with Crippen LogP contribution in [0.3, 0.4) is 0 Å². The summed E-state index contributed by atoms with van der Waals surface area (Å²) in [7, 11) is -6.62. The monoisotopic (exact) mass is 335 g/mol. The van der Waals surface area contributed by atoms with Crippen molar-refractivity contribution in [2.24, 2.45) is 0 Å². The number of nitrogens with one attached hydrogen (secondary N) is 1. The first-order valence-electron chi connectivity index (χ1n) is 6.97. The summed E-state index contributed by atoms with van der Waals surface area (Å²) in [5, 5.41) is 6.55. The lowest BCUT2D eigenvalue weighted by molar-refractivity contribution is 0.310. The molecule has 2 rings (SSSR count). The van der Waals surface area contributed by atoms with Gasteiger partial charge in [-0.3, -0.25) is 5.10 Å². The van der Waals surface area contributed by atoms with Gasteiger partial charge in [0.1, 0.15) is 4.90 Å². The van der Waals surface area contributed by atoms with Crippen LogP contribution >= 0.6 is 0 Å². The first-order valence-corrected chi connectivity index (χ1v) is 10.5. The molecule has 1 aromatic rings. The molecule has 0 aromatic carbocycles. The van der Waals surface area contributed by atoms with Crippen LogP contribution < -0.4 is 0 Å². The first kappa shape index (κ1) is 16.4. The van der Waals surface area contributed by atoms with Gasteiger partial charge in [0.15, 0.2) is 9.84 Å². The van der Waals surface area contributed by atoms with E-state index in [-0.39, 0.29) is 16.6 Å². The average Bonchev–Trinajstić information content (AvgIpc) is 2.88. The number of H-pyrrole nitrogens is 1. The second kappa shape index (κ2) is 6.05. The fourth-order valence-corrected chi connectivity index (χ4v) is 5.14. The molecule has 0 aliphatic carbocycles. The van der Waals surface area contributed by atoms with Crippen LogP contribution in [0.5, 0.6) is 0 Å². The Hall–Kier alpha value is -0.930. The third kappa shape index (κ3) is 3.64. The zero-order chi connectivity index (χ0) is 15.7. The highest BCUT2D eigenvalue weighted by Gasteiger charge is 2.32. The van der Waals surface area contributed by atoms with E-state index in [0.717, 1.165) is 19.1 Å². The summed E-state index contributed by atoms with van der Waals surface area (Å²) >= 11 is 0. The van der Waals surface area contributed by atoms with Crippen LogP contribution in [0.1, 0.15) is 37.8 Å². The van der Waals surface area contributed by atoms with Crippen molar-refractivity contribution in [3.8, 4) is 0 Å². The number of hydrogen-bond acceptors (Lipinski definition) is 5. The maximum Gasteiger partial charge on any atom is 0.214 e. The van der Waals surface area contributed by atoms with Crippen LogP contribution in [-0.2, 0) is 19.9 Å². The normalized spacial score (nSPS) is 21.5. The molecule has 120 valence electrons. The van der Waals surface area contributed by atoms with Crippen molar-refractivity contribution >= 4 is 19.9 Å². The van der Waals surface area contributed by atoms with Gasteiger partial charge in [-0.15, -0.1) is 0 Å².